The number of oxazole rings is 1. The summed E-state index contributed by atoms with van der Waals surface area (Å²) in [5.41, 5.74) is 1.15. The van der Waals surface area contributed by atoms with E-state index in [0.29, 0.717) is 53.5 Å². The van der Waals surface area contributed by atoms with Crippen LogP contribution >= 0.6 is 23.2 Å². The number of fused-ring (bicyclic) bond motifs is 1. The zero-order valence-electron chi connectivity index (χ0n) is 25.2. The van der Waals surface area contributed by atoms with Gasteiger partial charge in [0.2, 0.25) is 5.91 Å². The number of aliphatic carboxylic acids is 1. The molecule has 9 nitrogen and oxygen atoms in total. The Balaban J connectivity index is 1.15. The average molecular weight is 662 g/mol. The number of amides is 1. The van der Waals surface area contributed by atoms with Crippen LogP contribution in [-0.4, -0.2) is 76.2 Å². The quantitative estimate of drug-likeness (QED) is 0.238. The Morgan fingerprint density at radius 2 is 1.76 bits per heavy atom. The van der Waals surface area contributed by atoms with Crippen molar-refractivity contribution in [3.05, 3.63) is 51.8 Å². The van der Waals surface area contributed by atoms with E-state index in [2.05, 4.69) is 15.2 Å². The summed E-state index contributed by atoms with van der Waals surface area (Å²) in [5, 5.41) is 13.1. The molecule has 1 saturated carbocycles. The Kier molecular flexibility index (Phi) is 10.1. The minimum atomic E-state index is -0.740. The van der Waals surface area contributed by atoms with Gasteiger partial charge in [-0.3, -0.25) is 9.59 Å². The molecule has 2 aromatic carbocycles. The molecule has 2 aliphatic heterocycles. The summed E-state index contributed by atoms with van der Waals surface area (Å²) in [6.07, 6.45) is 7.78. The van der Waals surface area contributed by atoms with E-state index >= 15 is 4.39 Å². The minimum Gasteiger partial charge on any atom is -0.481 e. The van der Waals surface area contributed by atoms with E-state index in [4.69, 9.17) is 32.4 Å². The van der Waals surface area contributed by atoms with Gasteiger partial charge in [0.15, 0.2) is 11.4 Å². The van der Waals surface area contributed by atoms with Crippen molar-refractivity contribution in [3.63, 3.8) is 0 Å². The van der Waals surface area contributed by atoms with Gasteiger partial charge < -0.3 is 29.4 Å². The standard InChI is InChI=1S/C33H39Cl2FN4O5/c34-26-12-7-22(17-27(26)35)37-33-38-28-13-6-21(30(36)31(28)45-33)16-29(41)40-23(18-39-14-2-1-3-15-39)8-9-24(40)19-44-25-10-4-20(5-11-25)32(42)43/h6-7,12-13,17,20,23-25H,1-5,8-11,14-16,18-19H2,(H,37,38)(H,42,43)/t20?,23-,24-,25?/m0/s1. The predicted molar refractivity (Wildman–Crippen MR) is 171 cm³/mol. The highest BCUT2D eigenvalue weighted by atomic mass is 35.5. The molecule has 12 heteroatoms. The molecular weight excluding hydrogens is 622 g/mol. The number of carbonyl (C=O) groups excluding carboxylic acids is 1. The number of carbonyl (C=O) groups is 2. The highest BCUT2D eigenvalue weighted by molar-refractivity contribution is 6.42. The van der Waals surface area contributed by atoms with Gasteiger partial charge in [-0.05, 0) is 88.7 Å². The van der Waals surface area contributed by atoms with Crippen molar-refractivity contribution in [2.75, 3.05) is 31.6 Å². The summed E-state index contributed by atoms with van der Waals surface area (Å²) in [4.78, 5) is 34.1. The van der Waals surface area contributed by atoms with E-state index in [0.717, 1.165) is 45.3 Å². The second-order valence-corrected chi connectivity index (χ2v) is 13.3. The SMILES string of the molecule is O=C(O)C1CCC(OC[C@@H]2CC[C@@H](CN3CCCCC3)N2C(=O)Cc2ccc3nc(Nc4ccc(Cl)c(Cl)c4)oc3c2F)CC1. The molecule has 1 amide bonds. The number of benzene rings is 2. The fourth-order valence-electron chi connectivity index (χ4n) is 7.02. The second kappa shape index (κ2) is 14.2. The molecule has 0 unspecified atom stereocenters. The number of carboxylic acid groups (broad SMARTS) is 1. The molecule has 45 heavy (non-hydrogen) atoms. The molecule has 2 atom stereocenters. The molecule has 2 saturated heterocycles. The number of likely N-dealkylation sites (tertiary alicyclic amines) is 2. The van der Waals surface area contributed by atoms with Crippen molar-refractivity contribution in [2.45, 2.75) is 82.4 Å². The van der Waals surface area contributed by atoms with Gasteiger partial charge in [0, 0.05) is 23.8 Å². The van der Waals surface area contributed by atoms with Crippen molar-refractivity contribution < 1.29 is 28.2 Å². The Morgan fingerprint density at radius 1 is 1.00 bits per heavy atom. The van der Waals surface area contributed by atoms with Crippen LogP contribution in [0, 0.1) is 11.7 Å². The molecule has 2 N–H and O–H groups in total. The molecule has 242 valence electrons. The first-order valence-corrected chi connectivity index (χ1v) is 16.7. The summed E-state index contributed by atoms with van der Waals surface area (Å²) >= 11 is 12.1. The number of ether oxygens (including phenoxy) is 1. The van der Waals surface area contributed by atoms with Gasteiger partial charge in [0.1, 0.15) is 5.52 Å². The van der Waals surface area contributed by atoms with E-state index in [9.17, 15) is 14.7 Å². The number of hydrogen-bond acceptors (Lipinski definition) is 7. The molecule has 6 rings (SSSR count). The molecule has 3 heterocycles. The van der Waals surface area contributed by atoms with E-state index < -0.39 is 11.8 Å². The Hall–Kier alpha value is -2.92. The van der Waals surface area contributed by atoms with E-state index in [1.165, 1.54) is 6.42 Å². The third-order valence-corrected chi connectivity index (χ3v) is 10.2. The monoisotopic (exact) mass is 660 g/mol. The van der Waals surface area contributed by atoms with Gasteiger partial charge in [-0.25, -0.2) is 4.39 Å². The first-order chi connectivity index (χ1) is 21.7. The largest absolute Gasteiger partial charge is 0.481 e. The number of nitrogens with one attached hydrogen (secondary N) is 1. The van der Waals surface area contributed by atoms with Gasteiger partial charge in [0.05, 0.1) is 41.1 Å². The smallest absolute Gasteiger partial charge is 0.306 e. The van der Waals surface area contributed by atoms with Crippen LogP contribution in [0.5, 0.6) is 0 Å². The summed E-state index contributed by atoms with van der Waals surface area (Å²) in [6.45, 7) is 3.27. The van der Waals surface area contributed by atoms with Gasteiger partial charge in [-0.1, -0.05) is 35.7 Å². The Morgan fingerprint density at radius 3 is 2.49 bits per heavy atom. The number of rotatable bonds is 10. The van der Waals surface area contributed by atoms with Gasteiger partial charge >= 0.3 is 5.97 Å². The van der Waals surface area contributed by atoms with Crippen molar-refractivity contribution in [3.8, 4) is 0 Å². The normalized spacial score (nSPS) is 24.3. The number of anilines is 2. The van der Waals surface area contributed by atoms with Crippen LogP contribution in [0.25, 0.3) is 11.1 Å². The van der Waals surface area contributed by atoms with Crippen LogP contribution in [0.4, 0.5) is 16.1 Å². The molecule has 3 fully saturated rings. The lowest BCUT2D eigenvalue weighted by molar-refractivity contribution is -0.144. The van der Waals surface area contributed by atoms with Crippen LogP contribution in [-0.2, 0) is 20.7 Å². The van der Waals surface area contributed by atoms with Crippen molar-refractivity contribution in [1.29, 1.82) is 0 Å². The lowest BCUT2D eigenvalue weighted by Gasteiger charge is -2.36. The number of aromatic nitrogens is 1. The summed E-state index contributed by atoms with van der Waals surface area (Å²) in [5.74, 6) is -1.78. The van der Waals surface area contributed by atoms with Crippen LogP contribution in [0.2, 0.25) is 10.0 Å². The highest BCUT2D eigenvalue weighted by Gasteiger charge is 2.39. The van der Waals surface area contributed by atoms with Gasteiger partial charge in [-0.2, -0.15) is 4.98 Å². The second-order valence-electron chi connectivity index (χ2n) is 12.5. The number of nitrogens with zero attached hydrogens (tertiary/aromatic N) is 3. The zero-order valence-corrected chi connectivity index (χ0v) is 26.7. The van der Waals surface area contributed by atoms with Gasteiger partial charge in [-0.15, -0.1) is 0 Å². The molecule has 0 spiro atoms. The molecule has 1 aliphatic carbocycles. The van der Waals surface area contributed by atoms with Crippen LogP contribution < -0.4 is 5.32 Å². The minimum absolute atomic E-state index is 0.00305. The number of piperidine rings is 1. The maximum Gasteiger partial charge on any atom is 0.306 e. The predicted octanol–water partition coefficient (Wildman–Crippen LogP) is 7.07. The molecular formula is C33H39Cl2FN4O5. The van der Waals surface area contributed by atoms with Gasteiger partial charge in [0.25, 0.3) is 6.01 Å². The first-order valence-electron chi connectivity index (χ1n) is 15.9. The average Bonchev–Trinajstić information content (AvgIpc) is 3.64. The van der Waals surface area contributed by atoms with E-state index in [1.54, 1.807) is 30.3 Å². The highest BCUT2D eigenvalue weighted by Crippen LogP contribution is 2.33. The van der Waals surface area contributed by atoms with Crippen molar-refractivity contribution in [2.24, 2.45) is 5.92 Å². The third-order valence-electron chi connectivity index (χ3n) is 9.46. The summed E-state index contributed by atoms with van der Waals surface area (Å²) < 4.78 is 27.8. The van der Waals surface area contributed by atoms with E-state index in [-0.39, 0.29) is 53.6 Å². The van der Waals surface area contributed by atoms with Crippen LogP contribution in [0.15, 0.2) is 34.7 Å². The summed E-state index contributed by atoms with van der Waals surface area (Å²) in [6, 6.07) is 8.25. The maximum atomic E-state index is 15.8. The number of hydrogen-bond donors (Lipinski definition) is 2. The topological polar surface area (TPSA) is 108 Å². The Labute approximate surface area is 272 Å². The van der Waals surface area contributed by atoms with E-state index in [1.807, 2.05) is 4.90 Å². The first kappa shape index (κ1) is 32.0. The molecule has 3 aliphatic rings. The molecule has 0 radical (unpaired) electrons. The third kappa shape index (κ3) is 7.56. The van der Waals surface area contributed by atoms with Crippen molar-refractivity contribution >= 4 is 57.9 Å². The zero-order chi connectivity index (χ0) is 31.5. The summed E-state index contributed by atoms with van der Waals surface area (Å²) in [7, 11) is 0. The van der Waals surface area contributed by atoms with Crippen molar-refractivity contribution in [1.82, 2.24) is 14.8 Å². The Bertz CT molecular complexity index is 1520. The fourth-order valence-corrected chi connectivity index (χ4v) is 7.32. The molecule has 0 bridgehead atoms. The maximum absolute atomic E-state index is 15.8. The number of halogens is 3. The fraction of sp³-hybridized carbons (Fsp3) is 0.545. The molecule has 3 aromatic rings. The molecule has 1 aromatic heterocycles. The lowest BCUT2D eigenvalue weighted by Crippen LogP contribution is -2.49. The van der Waals surface area contributed by atoms with Crippen LogP contribution in [0.1, 0.15) is 63.4 Å². The lowest BCUT2D eigenvalue weighted by atomic mass is 9.87. The number of carboxylic acids is 1. The van der Waals surface area contributed by atoms with Crippen LogP contribution in [0.3, 0.4) is 0 Å².